The second kappa shape index (κ2) is 5.00. The number of hydrogen-bond acceptors (Lipinski definition) is 5. The Hall–Kier alpha value is -1.17. The summed E-state index contributed by atoms with van der Waals surface area (Å²) in [6, 6.07) is 0. The molecule has 1 N–H and O–H groups in total. The van der Waals surface area contributed by atoms with Crippen LogP contribution in [-0.2, 0) is 11.2 Å². The predicted octanol–water partition coefficient (Wildman–Crippen LogP) is 1.65. The molecule has 5 nitrogen and oxygen atoms in total. The molecule has 0 amide bonds. The molecule has 0 radical (unpaired) electrons. The van der Waals surface area contributed by atoms with Gasteiger partial charge >= 0.3 is 5.97 Å². The standard InChI is InChI=1S/C11H17N3O2S/c1-3-4-9-12-11(17-13-9)14-5-8(6-14)7(2)10(15)16/h7-8H,3-6H2,1-2H3,(H,15,16). The molecule has 1 aliphatic rings. The molecule has 0 aromatic carbocycles. The summed E-state index contributed by atoms with van der Waals surface area (Å²) in [6.07, 6.45) is 1.97. The van der Waals surface area contributed by atoms with Gasteiger partial charge in [-0.2, -0.15) is 4.37 Å². The number of carbonyl (C=O) groups is 1. The molecule has 0 saturated carbocycles. The average Bonchev–Trinajstić information content (AvgIpc) is 2.64. The molecule has 1 fully saturated rings. The lowest BCUT2D eigenvalue weighted by atomic mass is 9.87. The van der Waals surface area contributed by atoms with E-state index in [1.165, 1.54) is 11.5 Å². The van der Waals surface area contributed by atoms with Crippen molar-refractivity contribution in [3.05, 3.63) is 5.82 Å². The molecule has 17 heavy (non-hydrogen) atoms. The zero-order chi connectivity index (χ0) is 12.4. The van der Waals surface area contributed by atoms with Crippen molar-refractivity contribution in [2.24, 2.45) is 11.8 Å². The molecule has 1 atom stereocenters. The lowest BCUT2D eigenvalue weighted by Gasteiger charge is -2.40. The van der Waals surface area contributed by atoms with Crippen LogP contribution in [0.5, 0.6) is 0 Å². The Morgan fingerprint density at radius 1 is 1.65 bits per heavy atom. The van der Waals surface area contributed by atoms with Crippen molar-refractivity contribution in [1.82, 2.24) is 9.36 Å². The molecule has 1 aromatic rings. The second-order valence-electron chi connectivity index (χ2n) is 4.54. The van der Waals surface area contributed by atoms with Gasteiger partial charge in [-0.25, -0.2) is 4.98 Å². The van der Waals surface area contributed by atoms with Gasteiger partial charge < -0.3 is 10.0 Å². The van der Waals surface area contributed by atoms with Gasteiger partial charge in [-0.15, -0.1) is 0 Å². The number of anilines is 1. The molecule has 94 valence electrons. The largest absolute Gasteiger partial charge is 0.481 e. The summed E-state index contributed by atoms with van der Waals surface area (Å²) in [7, 11) is 0. The Bertz CT molecular complexity index is 401. The van der Waals surface area contributed by atoms with Crippen molar-refractivity contribution in [1.29, 1.82) is 0 Å². The van der Waals surface area contributed by atoms with Gasteiger partial charge in [0.2, 0.25) is 5.13 Å². The van der Waals surface area contributed by atoms with Gasteiger partial charge in [0.1, 0.15) is 5.82 Å². The first-order valence-corrected chi connectivity index (χ1v) is 6.69. The van der Waals surface area contributed by atoms with Crippen molar-refractivity contribution in [2.45, 2.75) is 26.7 Å². The number of rotatable bonds is 5. The van der Waals surface area contributed by atoms with E-state index < -0.39 is 5.97 Å². The summed E-state index contributed by atoms with van der Waals surface area (Å²) in [5.41, 5.74) is 0. The fourth-order valence-electron chi connectivity index (χ4n) is 1.89. The third-order valence-corrected chi connectivity index (χ3v) is 4.02. The predicted molar refractivity (Wildman–Crippen MR) is 66.4 cm³/mol. The minimum atomic E-state index is -0.710. The fourth-order valence-corrected chi connectivity index (χ4v) is 2.61. The summed E-state index contributed by atoms with van der Waals surface area (Å²) in [4.78, 5) is 17.4. The minimum Gasteiger partial charge on any atom is -0.481 e. The van der Waals surface area contributed by atoms with Gasteiger partial charge in [0, 0.05) is 37.0 Å². The average molecular weight is 255 g/mol. The first-order valence-electron chi connectivity index (χ1n) is 5.92. The lowest BCUT2D eigenvalue weighted by molar-refractivity contribution is -0.143. The molecule has 0 spiro atoms. The van der Waals surface area contributed by atoms with E-state index in [9.17, 15) is 4.79 Å². The molecule has 1 unspecified atom stereocenters. The van der Waals surface area contributed by atoms with E-state index in [1.54, 1.807) is 6.92 Å². The van der Waals surface area contributed by atoms with E-state index in [0.29, 0.717) is 0 Å². The summed E-state index contributed by atoms with van der Waals surface area (Å²) < 4.78 is 4.29. The maximum Gasteiger partial charge on any atom is 0.306 e. The molecule has 1 saturated heterocycles. The Morgan fingerprint density at radius 3 is 2.94 bits per heavy atom. The van der Waals surface area contributed by atoms with Crippen molar-refractivity contribution >= 4 is 22.6 Å². The summed E-state index contributed by atoms with van der Waals surface area (Å²) >= 11 is 1.41. The zero-order valence-corrected chi connectivity index (χ0v) is 10.9. The van der Waals surface area contributed by atoms with Gasteiger partial charge in [-0.05, 0) is 6.42 Å². The highest BCUT2D eigenvalue weighted by molar-refractivity contribution is 7.09. The first-order chi connectivity index (χ1) is 8.11. The van der Waals surface area contributed by atoms with Crippen LogP contribution in [0.4, 0.5) is 5.13 Å². The maximum atomic E-state index is 10.8. The van der Waals surface area contributed by atoms with Crippen LogP contribution in [0.2, 0.25) is 0 Å². The Labute approximate surface area is 105 Å². The monoisotopic (exact) mass is 255 g/mol. The van der Waals surface area contributed by atoms with Gasteiger partial charge in [-0.1, -0.05) is 13.8 Å². The minimum absolute atomic E-state index is 0.242. The number of carboxylic acid groups (broad SMARTS) is 1. The van der Waals surface area contributed by atoms with Gasteiger partial charge in [0.15, 0.2) is 0 Å². The molecule has 0 aliphatic carbocycles. The third kappa shape index (κ3) is 2.57. The van der Waals surface area contributed by atoms with E-state index in [0.717, 1.165) is 36.9 Å². The topological polar surface area (TPSA) is 66.3 Å². The number of carboxylic acids is 1. The number of aromatic nitrogens is 2. The van der Waals surface area contributed by atoms with Crippen molar-refractivity contribution < 1.29 is 9.90 Å². The molecule has 1 aromatic heterocycles. The number of hydrogen-bond donors (Lipinski definition) is 1. The third-order valence-electron chi connectivity index (χ3n) is 3.21. The SMILES string of the molecule is CCCc1nsc(N2CC(C(C)C(=O)O)C2)n1. The van der Waals surface area contributed by atoms with Crippen LogP contribution >= 0.6 is 11.5 Å². The molecule has 2 rings (SSSR count). The van der Waals surface area contributed by atoms with Gasteiger partial charge in [-0.3, -0.25) is 4.79 Å². The maximum absolute atomic E-state index is 10.8. The van der Waals surface area contributed by atoms with E-state index in [2.05, 4.69) is 21.2 Å². The van der Waals surface area contributed by atoms with Crippen LogP contribution in [0.15, 0.2) is 0 Å². The first kappa shape index (κ1) is 12.3. The summed E-state index contributed by atoms with van der Waals surface area (Å²) in [5.74, 6) is 0.168. The molecule has 6 heteroatoms. The molecule has 2 heterocycles. The van der Waals surface area contributed by atoms with Crippen LogP contribution in [0.25, 0.3) is 0 Å². The van der Waals surface area contributed by atoms with E-state index >= 15 is 0 Å². The number of nitrogens with zero attached hydrogens (tertiary/aromatic N) is 3. The summed E-state index contributed by atoms with van der Waals surface area (Å²) in [5, 5.41) is 9.84. The summed E-state index contributed by atoms with van der Waals surface area (Å²) in [6.45, 7) is 5.45. The van der Waals surface area contributed by atoms with Crippen LogP contribution in [0.1, 0.15) is 26.1 Å². The van der Waals surface area contributed by atoms with Crippen LogP contribution < -0.4 is 4.90 Å². The van der Waals surface area contributed by atoms with Gasteiger partial charge in [0.25, 0.3) is 0 Å². The lowest BCUT2D eigenvalue weighted by Crippen LogP contribution is -2.51. The Kier molecular flexibility index (Phi) is 3.61. The van der Waals surface area contributed by atoms with E-state index in [1.807, 2.05) is 0 Å². The molecule has 1 aliphatic heterocycles. The Morgan fingerprint density at radius 2 is 2.35 bits per heavy atom. The van der Waals surface area contributed by atoms with E-state index in [-0.39, 0.29) is 11.8 Å². The second-order valence-corrected chi connectivity index (χ2v) is 5.27. The van der Waals surface area contributed by atoms with E-state index in [4.69, 9.17) is 5.11 Å². The number of aryl methyl sites for hydroxylation is 1. The smallest absolute Gasteiger partial charge is 0.306 e. The normalized spacial score (nSPS) is 17.9. The van der Waals surface area contributed by atoms with Crippen molar-refractivity contribution in [3.8, 4) is 0 Å². The Balaban J connectivity index is 1.88. The van der Waals surface area contributed by atoms with Crippen molar-refractivity contribution in [3.63, 3.8) is 0 Å². The number of aliphatic carboxylic acids is 1. The highest BCUT2D eigenvalue weighted by atomic mass is 32.1. The van der Waals surface area contributed by atoms with Crippen LogP contribution in [0, 0.1) is 11.8 Å². The van der Waals surface area contributed by atoms with Crippen LogP contribution in [0.3, 0.4) is 0 Å². The molecular formula is C11H17N3O2S. The molecule has 0 bridgehead atoms. The van der Waals surface area contributed by atoms with Crippen molar-refractivity contribution in [2.75, 3.05) is 18.0 Å². The molecular weight excluding hydrogens is 238 g/mol. The van der Waals surface area contributed by atoms with Gasteiger partial charge in [0.05, 0.1) is 5.92 Å². The highest BCUT2D eigenvalue weighted by Gasteiger charge is 2.36. The zero-order valence-electron chi connectivity index (χ0n) is 10.1. The fraction of sp³-hybridized carbons (Fsp3) is 0.727. The highest BCUT2D eigenvalue weighted by Crippen LogP contribution is 2.30. The quantitative estimate of drug-likeness (QED) is 0.866. The van der Waals surface area contributed by atoms with Crippen LogP contribution in [-0.4, -0.2) is 33.5 Å².